The van der Waals surface area contributed by atoms with Crippen molar-refractivity contribution in [3.63, 3.8) is 0 Å². The monoisotopic (exact) mass is 253 g/mol. The van der Waals surface area contributed by atoms with Gasteiger partial charge in [0.2, 0.25) is 5.91 Å². The normalized spacial score (nSPS) is 23.7. The second-order valence-corrected chi connectivity index (χ2v) is 5.48. The summed E-state index contributed by atoms with van der Waals surface area (Å²) in [6.45, 7) is 2.34. The summed E-state index contributed by atoms with van der Waals surface area (Å²) in [5.41, 5.74) is 0. The summed E-state index contributed by atoms with van der Waals surface area (Å²) in [6.07, 6.45) is 6.11. The third-order valence-corrected chi connectivity index (χ3v) is 3.70. The Morgan fingerprint density at radius 1 is 1.17 bits per heavy atom. The molecule has 102 valence electrons. The molecule has 1 heterocycles. The van der Waals surface area contributed by atoms with Crippen LogP contribution in [0.25, 0.3) is 0 Å². The second-order valence-electron chi connectivity index (χ2n) is 5.48. The van der Waals surface area contributed by atoms with Crippen molar-refractivity contribution < 1.29 is 14.3 Å². The number of Topliss-reactive ketones (excluding diaryl/α,β-unsaturated/α-hetero) is 1. The Kier molecular flexibility index (Phi) is 5.17. The molecule has 0 radical (unpaired) electrons. The molecule has 1 saturated carbocycles. The highest BCUT2D eigenvalue weighted by molar-refractivity contribution is 5.83. The third-order valence-electron chi connectivity index (χ3n) is 3.70. The molecule has 1 aliphatic heterocycles. The smallest absolute Gasteiger partial charge is 0.220 e. The van der Waals surface area contributed by atoms with E-state index in [2.05, 4.69) is 5.32 Å². The summed E-state index contributed by atoms with van der Waals surface area (Å²) < 4.78 is 5.36. The number of nitrogens with one attached hydrogen (secondary N) is 1. The van der Waals surface area contributed by atoms with Crippen LogP contribution in [0.1, 0.15) is 44.9 Å². The molecular formula is C14H23NO3. The van der Waals surface area contributed by atoms with Crippen LogP contribution in [-0.4, -0.2) is 31.4 Å². The predicted octanol–water partition coefficient (Wildman–Crippen LogP) is 1.68. The molecule has 0 aromatic heterocycles. The van der Waals surface area contributed by atoms with Gasteiger partial charge in [-0.2, -0.15) is 0 Å². The number of carbonyl (C=O) groups is 2. The average molecular weight is 253 g/mol. The number of hydrogen-bond donors (Lipinski definition) is 1. The van der Waals surface area contributed by atoms with Gasteiger partial charge in [0.05, 0.1) is 6.61 Å². The fourth-order valence-corrected chi connectivity index (χ4v) is 2.35. The number of rotatable bonds is 7. The van der Waals surface area contributed by atoms with Gasteiger partial charge in [-0.1, -0.05) is 0 Å². The van der Waals surface area contributed by atoms with E-state index in [1.165, 1.54) is 0 Å². The largest absolute Gasteiger partial charge is 0.381 e. The van der Waals surface area contributed by atoms with Gasteiger partial charge in [-0.3, -0.25) is 9.59 Å². The molecule has 2 rings (SSSR count). The van der Waals surface area contributed by atoms with Crippen molar-refractivity contribution >= 4 is 11.7 Å². The Bertz CT molecular complexity index is 293. The molecule has 0 unspecified atom stereocenters. The highest BCUT2D eigenvalue weighted by atomic mass is 16.5. The molecule has 1 aliphatic carbocycles. The zero-order chi connectivity index (χ0) is 12.8. The van der Waals surface area contributed by atoms with E-state index in [-0.39, 0.29) is 5.91 Å². The minimum absolute atomic E-state index is 0.0733. The quantitative estimate of drug-likeness (QED) is 0.751. The SMILES string of the molecule is O=C(CCCC(=O)C1CC1)NC[C@H]1CCCOC1. The van der Waals surface area contributed by atoms with E-state index in [1.54, 1.807) is 0 Å². The van der Waals surface area contributed by atoms with Crippen LogP contribution >= 0.6 is 0 Å². The number of hydrogen-bond acceptors (Lipinski definition) is 3. The van der Waals surface area contributed by atoms with E-state index in [9.17, 15) is 9.59 Å². The molecule has 2 fully saturated rings. The van der Waals surface area contributed by atoms with Crippen molar-refractivity contribution in [1.82, 2.24) is 5.32 Å². The summed E-state index contributed by atoms with van der Waals surface area (Å²) in [4.78, 5) is 23.0. The molecule has 18 heavy (non-hydrogen) atoms. The number of carbonyl (C=O) groups excluding carboxylic acids is 2. The molecule has 0 aromatic rings. The van der Waals surface area contributed by atoms with Crippen LogP contribution in [0, 0.1) is 11.8 Å². The van der Waals surface area contributed by atoms with Crippen LogP contribution in [0.3, 0.4) is 0 Å². The maximum atomic E-state index is 11.6. The minimum atomic E-state index is 0.0733. The lowest BCUT2D eigenvalue weighted by Crippen LogP contribution is -2.33. The maximum absolute atomic E-state index is 11.6. The fourth-order valence-electron chi connectivity index (χ4n) is 2.35. The Labute approximate surface area is 108 Å². The molecule has 4 nitrogen and oxygen atoms in total. The molecule has 2 aliphatic rings. The molecule has 0 spiro atoms. The van der Waals surface area contributed by atoms with E-state index < -0.39 is 0 Å². The van der Waals surface area contributed by atoms with Crippen LogP contribution < -0.4 is 5.32 Å². The predicted molar refractivity (Wildman–Crippen MR) is 68.1 cm³/mol. The fraction of sp³-hybridized carbons (Fsp3) is 0.857. The first-order valence-electron chi connectivity index (χ1n) is 7.13. The van der Waals surface area contributed by atoms with E-state index in [0.29, 0.717) is 36.9 Å². The number of ether oxygens (including phenoxy) is 1. The van der Waals surface area contributed by atoms with Gasteiger partial charge >= 0.3 is 0 Å². The van der Waals surface area contributed by atoms with Gasteiger partial charge in [0, 0.05) is 31.9 Å². The van der Waals surface area contributed by atoms with Crippen molar-refractivity contribution in [2.75, 3.05) is 19.8 Å². The zero-order valence-electron chi connectivity index (χ0n) is 11.0. The lowest BCUT2D eigenvalue weighted by molar-refractivity contribution is -0.122. The number of amides is 1. The van der Waals surface area contributed by atoms with E-state index in [4.69, 9.17) is 4.74 Å². The summed E-state index contributed by atoms with van der Waals surface area (Å²) in [5, 5.41) is 2.94. The minimum Gasteiger partial charge on any atom is -0.381 e. The molecule has 4 heteroatoms. The van der Waals surface area contributed by atoms with Gasteiger partial charge in [0.15, 0.2) is 0 Å². The molecule has 1 amide bonds. The summed E-state index contributed by atoms with van der Waals surface area (Å²) in [5.74, 6) is 1.22. The Balaban J connectivity index is 1.50. The van der Waals surface area contributed by atoms with E-state index in [1.807, 2.05) is 0 Å². The van der Waals surface area contributed by atoms with Crippen molar-refractivity contribution in [3.05, 3.63) is 0 Å². The molecule has 1 N–H and O–H groups in total. The Morgan fingerprint density at radius 3 is 2.67 bits per heavy atom. The van der Waals surface area contributed by atoms with Crippen LogP contribution in [-0.2, 0) is 14.3 Å². The molecule has 0 bridgehead atoms. The van der Waals surface area contributed by atoms with E-state index >= 15 is 0 Å². The van der Waals surface area contributed by atoms with Crippen molar-refractivity contribution in [2.24, 2.45) is 11.8 Å². The van der Waals surface area contributed by atoms with Crippen LogP contribution in [0.5, 0.6) is 0 Å². The molecule has 0 aromatic carbocycles. The van der Waals surface area contributed by atoms with Gasteiger partial charge in [0.1, 0.15) is 5.78 Å². The lowest BCUT2D eigenvalue weighted by Gasteiger charge is -2.22. The topological polar surface area (TPSA) is 55.4 Å². The van der Waals surface area contributed by atoms with E-state index in [0.717, 1.165) is 45.4 Å². The van der Waals surface area contributed by atoms with Gasteiger partial charge in [0.25, 0.3) is 0 Å². The summed E-state index contributed by atoms with van der Waals surface area (Å²) in [7, 11) is 0. The van der Waals surface area contributed by atoms with Crippen LogP contribution in [0.15, 0.2) is 0 Å². The van der Waals surface area contributed by atoms with Gasteiger partial charge in [-0.15, -0.1) is 0 Å². The van der Waals surface area contributed by atoms with Gasteiger partial charge < -0.3 is 10.1 Å². The lowest BCUT2D eigenvalue weighted by atomic mass is 10.0. The number of ketones is 1. The highest BCUT2D eigenvalue weighted by Crippen LogP contribution is 2.31. The zero-order valence-corrected chi connectivity index (χ0v) is 11.0. The highest BCUT2D eigenvalue weighted by Gasteiger charge is 2.28. The van der Waals surface area contributed by atoms with Crippen molar-refractivity contribution in [2.45, 2.75) is 44.9 Å². The van der Waals surface area contributed by atoms with Crippen LogP contribution in [0.4, 0.5) is 0 Å². The first-order chi connectivity index (χ1) is 8.75. The first kappa shape index (κ1) is 13.5. The van der Waals surface area contributed by atoms with Crippen molar-refractivity contribution in [3.8, 4) is 0 Å². The molecule has 1 saturated heterocycles. The Hall–Kier alpha value is -0.900. The van der Waals surface area contributed by atoms with Gasteiger partial charge in [-0.25, -0.2) is 0 Å². The Morgan fingerprint density at radius 2 is 2.00 bits per heavy atom. The van der Waals surface area contributed by atoms with Gasteiger partial charge in [-0.05, 0) is 38.0 Å². The average Bonchev–Trinajstić information content (AvgIpc) is 3.22. The summed E-state index contributed by atoms with van der Waals surface area (Å²) >= 11 is 0. The standard InChI is InChI=1S/C14H23NO3/c16-13(12-6-7-12)4-1-5-14(17)15-9-11-3-2-8-18-10-11/h11-12H,1-10H2,(H,15,17)/t11-/m1/s1. The van der Waals surface area contributed by atoms with Crippen LogP contribution in [0.2, 0.25) is 0 Å². The van der Waals surface area contributed by atoms with Crippen molar-refractivity contribution in [1.29, 1.82) is 0 Å². The second kappa shape index (κ2) is 6.88. The maximum Gasteiger partial charge on any atom is 0.220 e. The molecule has 1 atom stereocenters. The molecular weight excluding hydrogens is 230 g/mol. The third kappa shape index (κ3) is 4.77. The first-order valence-corrected chi connectivity index (χ1v) is 7.13. The summed E-state index contributed by atoms with van der Waals surface area (Å²) in [6, 6.07) is 0.